The van der Waals surface area contributed by atoms with E-state index in [-0.39, 0.29) is 23.0 Å². The van der Waals surface area contributed by atoms with Gasteiger partial charge in [0.15, 0.2) is 0 Å². The molecule has 0 radical (unpaired) electrons. The summed E-state index contributed by atoms with van der Waals surface area (Å²) in [6.45, 7) is 0.348. The van der Waals surface area contributed by atoms with Gasteiger partial charge in [0.2, 0.25) is 5.91 Å². The minimum Gasteiger partial charge on any atom is -0.346 e. The molecular formula is C16H18ClFN4O. The number of halogens is 2. The highest BCUT2D eigenvalue weighted by atomic mass is 35.5. The zero-order valence-corrected chi connectivity index (χ0v) is 13.5. The summed E-state index contributed by atoms with van der Waals surface area (Å²) >= 11 is 5.81. The van der Waals surface area contributed by atoms with E-state index in [9.17, 15) is 9.18 Å². The second-order valence-corrected chi connectivity index (χ2v) is 6.07. The maximum Gasteiger partial charge on any atom is 0.220 e. The van der Waals surface area contributed by atoms with E-state index in [1.54, 1.807) is 23.0 Å². The van der Waals surface area contributed by atoms with Crippen LogP contribution in [0.15, 0.2) is 30.5 Å². The van der Waals surface area contributed by atoms with Gasteiger partial charge < -0.3 is 10.6 Å². The molecule has 5 nitrogen and oxygen atoms in total. The molecule has 0 spiro atoms. The van der Waals surface area contributed by atoms with Crippen molar-refractivity contribution in [2.24, 2.45) is 7.05 Å². The first-order chi connectivity index (χ1) is 11.1. The van der Waals surface area contributed by atoms with Gasteiger partial charge in [0, 0.05) is 37.8 Å². The van der Waals surface area contributed by atoms with Gasteiger partial charge in [-0.3, -0.25) is 9.48 Å². The minimum absolute atomic E-state index is 0.00137. The number of hydrogen-bond acceptors (Lipinski definition) is 3. The zero-order valence-electron chi connectivity index (χ0n) is 12.7. The van der Waals surface area contributed by atoms with Crippen LogP contribution in [0.4, 0.5) is 4.39 Å². The van der Waals surface area contributed by atoms with Crippen LogP contribution in [-0.4, -0.2) is 21.7 Å². The Morgan fingerprint density at radius 2 is 2.30 bits per heavy atom. The molecule has 1 aromatic heterocycles. The minimum atomic E-state index is -0.404. The van der Waals surface area contributed by atoms with Crippen LogP contribution in [0.3, 0.4) is 0 Å². The Morgan fingerprint density at radius 3 is 3.04 bits per heavy atom. The summed E-state index contributed by atoms with van der Waals surface area (Å²) in [5, 5.41) is 10.6. The van der Waals surface area contributed by atoms with E-state index in [0.717, 1.165) is 5.69 Å². The zero-order chi connectivity index (χ0) is 16.4. The Hall–Kier alpha value is -1.92. The van der Waals surface area contributed by atoms with Crippen molar-refractivity contribution in [3.8, 4) is 0 Å². The molecule has 7 heteroatoms. The molecule has 1 aliphatic rings. The lowest BCUT2D eigenvalue weighted by Crippen LogP contribution is -2.48. The standard InChI is InChI=1S/C16H18ClFN4O/c1-22-13(7-8-20-22)16-12(5-6-14(23)21-16)19-9-10-3-2-4-11(17)15(10)18/h2-4,7-8,12,16,19H,5-6,9H2,1H3,(H,21,23)/t12-,16-/m1/s1. The molecule has 1 fully saturated rings. The fourth-order valence-electron chi connectivity index (χ4n) is 2.91. The molecule has 0 bridgehead atoms. The number of benzene rings is 1. The first kappa shape index (κ1) is 16.0. The number of aryl methyl sites for hydroxylation is 1. The quantitative estimate of drug-likeness (QED) is 0.901. The van der Waals surface area contributed by atoms with Crippen LogP contribution >= 0.6 is 11.6 Å². The number of piperidine rings is 1. The predicted octanol–water partition coefficient (Wildman–Crippen LogP) is 2.32. The number of rotatable bonds is 4. The normalized spacial score (nSPS) is 21.3. The lowest BCUT2D eigenvalue weighted by molar-refractivity contribution is -0.124. The van der Waals surface area contributed by atoms with E-state index in [1.165, 1.54) is 6.07 Å². The third-order valence-electron chi connectivity index (χ3n) is 4.17. The lowest BCUT2D eigenvalue weighted by atomic mass is 9.95. The number of amides is 1. The van der Waals surface area contributed by atoms with Crippen LogP contribution in [0, 0.1) is 5.82 Å². The Kier molecular flexibility index (Phi) is 4.63. The third-order valence-corrected chi connectivity index (χ3v) is 4.46. The first-order valence-corrected chi connectivity index (χ1v) is 7.87. The monoisotopic (exact) mass is 336 g/mol. The smallest absolute Gasteiger partial charge is 0.220 e. The van der Waals surface area contributed by atoms with Crippen LogP contribution in [-0.2, 0) is 18.4 Å². The summed E-state index contributed by atoms with van der Waals surface area (Å²) in [5.74, 6) is -0.387. The van der Waals surface area contributed by atoms with E-state index < -0.39 is 5.82 Å². The molecule has 3 rings (SSSR count). The van der Waals surface area contributed by atoms with Gasteiger partial charge >= 0.3 is 0 Å². The Labute approximate surface area is 138 Å². The summed E-state index contributed by atoms with van der Waals surface area (Å²) in [6, 6.07) is 6.65. The Bertz CT molecular complexity index is 718. The molecule has 2 N–H and O–H groups in total. The van der Waals surface area contributed by atoms with Gasteiger partial charge in [-0.2, -0.15) is 5.10 Å². The van der Waals surface area contributed by atoms with E-state index in [2.05, 4.69) is 15.7 Å². The Morgan fingerprint density at radius 1 is 1.48 bits per heavy atom. The van der Waals surface area contributed by atoms with Crippen molar-refractivity contribution in [1.29, 1.82) is 0 Å². The van der Waals surface area contributed by atoms with Crippen LogP contribution < -0.4 is 10.6 Å². The topological polar surface area (TPSA) is 59.0 Å². The fourth-order valence-corrected chi connectivity index (χ4v) is 3.11. The SMILES string of the molecule is Cn1nccc1[C@@H]1NC(=O)CC[C@H]1NCc1cccc(Cl)c1F. The number of carbonyl (C=O) groups is 1. The summed E-state index contributed by atoms with van der Waals surface area (Å²) in [4.78, 5) is 11.8. The van der Waals surface area contributed by atoms with Crippen molar-refractivity contribution in [3.63, 3.8) is 0 Å². The molecule has 2 atom stereocenters. The number of hydrogen-bond donors (Lipinski definition) is 2. The molecule has 122 valence electrons. The van der Waals surface area contributed by atoms with Crippen molar-refractivity contribution in [2.75, 3.05) is 0 Å². The summed E-state index contributed by atoms with van der Waals surface area (Å²) in [7, 11) is 1.84. The first-order valence-electron chi connectivity index (χ1n) is 7.50. The van der Waals surface area contributed by atoms with Crippen LogP contribution in [0.2, 0.25) is 5.02 Å². The molecule has 1 saturated heterocycles. The predicted molar refractivity (Wildman–Crippen MR) is 85.4 cm³/mol. The lowest BCUT2D eigenvalue weighted by Gasteiger charge is -2.33. The molecule has 1 aromatic carbocycles. The molecule has 1 aliphatic heterocycles. The molecule has 2 aromatic rings. The number of nitrogens with one attached hydrogen (secondary N) is 2. The van der Waals surface area contributed by atoms with Gasteiger partial charge in [0.25, 0.3) is 0 Å². The average molecular weight is 337 g/mol. The number of carbonyl (C=O) groups excluding carboxylic acids is 1. The van der Waals surface area contributed by atoms with Gasteiger partial charge in [-0.05, 0) is 18.6 Å². The molecule has 2 heterocycles. The Balaban J connectivity index is 1.76. The van der Waals surface area contributed by atoms with Crippen molar-refractivity contribution < 1.29 is 9.18 Å². The second kappa shape index (κ2) is 6.68. The van der Waals surface area contributed by atoms with E-state index >= 15 is 0 Å². The van der Waals surface area contributed by atoms with E-state index in [4.69, 9.17) is 11.6 Å². The van der Waals surface area contributed by atoms with E-state index in [1.807, 2.05) is 13.1 Å². The second-order valence-electron chi connectivity index (χ2n) is 5.66. The van der Waals surface area contributed by atoms with Crippen molar-refractivity contribution in [1.82, 2.24) is 20.4 Å². The molecule has 0 aliphatic carbocycles. The molecular weight excluding hydrogens is 319 g/mol. The third kappa shape index (κ3) is 3.38. The highest BCUT2D eigenvalue weighted by Crippen LogP contribution is 2.25. The highest BCUT2D eigenvalue weighted by Gasteiger charge is 2.31. The van der Waals surface area contributed by atoms with Gasteiger partial charge in [0.1, 0.15) is 5.82 Å². The van der Waals surface area contributed by atoms with Gasteiger partial charge in [0.05, 0.1) is 16.8 Å². The van der Waals surface area contributed by atoms with Gasteiger partial charge in [-0.25, -0.2) is 4.39 Å². The largest absolute Gasteiger partial charge is 0.346 e. The summed E-state index contributed by atoms with van der Waals surface area (Å²) in [5.41, 5.74) is 1.43. The molecule has 23 heavy (non-hydrogen) atoms. The van der Waals surface area contributed by atoms with Crippen molar-refractivity contribution in [3.05, 3.63) is 52.6 Å². The molecule has 1 amide bonds. The van der Waals surface area contributed by atoms with Gasteiger partial charge in [-0.1, -0.05) is 23.7 Å². The average Bonchev–Trinajstić information content (AvgIpc) is 2.95. The number of aromatic nitrogens is 2. The molecule has 0 saturated carbocycles. The van der Waals surface area contributed by atoms with Crippen molar-refractivity contribution >= 4 is 17.5 Å². The van der Waals surface area contributed by atoms with Crippen LogP contribution in [0.5, 0.6) is 0 Å². The van der Waals surface area contributed by atoms with Crippen LogP contribution in [0.1, 0.15) is 30.1 Å². The number of nitrogens with zero attached hydrogens (tertiary/aromatic N) is 2. The van der Waals surface area contributed by atoms with E-state index in [0.29, 0.717) is 24.9 Å². The van der Waals surface area contributed by atoms with Crippen molar-refractivity contribution in [2.45, 2.75) is 31.5 Å². The highest BCUT2D eigenvalue weighted by molar-refractivity contribution is 6.30. The maximum atomic E-state index is 14.0. The maximum absolute atomic E-state index is 14.0. The fraction of sp³-hybridized carbons (Fsp3) is 0.375. The van der Waals surface area contributed by atoms with Gasteiger partial charge in [-0.15, -0.1) is 0 Å². The van der Waals surface area contributed by atoms with Crippen LogP contribution in [0.25, 0.3) is 0 Å². The summed E-state index contributed by atoms with van der Waals surface area (Å²) < 4.78 is 15.7. The molecule has 0 unspecified atom stereocenters. The summed E-state index contributed by atoms with van der Waals surface area (Å²) in [6.07, 6.45) is 2.83.